The highest BCUT2D eigenvalue weighted by atomic mass is 32.2. The molecule has 4 N–H and O–H groups in total. The number of nitrogen functional groups attached to an aromatic ring is 1. The lowest BCUT2D eigenvalue weighted by Gasteiger charge is -2.11. The van der Waals surface area contributed by atoms with Crippen LogP contribution in [0, 0.1) is 0 Å². The monoisotopic (exact) mass is 315 g/mol. The molecule has 0 amide bonds. The third kappa shape index (κ3) is 5.91. The van der Waals surface area contributed by atoms with Gasteiger partial charge in [-0.25, -0.2) is 13.1 Å². The van der Waals surface area contributed by atoms with Crippen molar-refractivity contribution in [1.29, 1.82) is 0 Å². The smallest absolute Gasteiger partial charge is 0.242 e. The van der Waals surface area contributed by atoms with Crippen molar-refractivity contribution >= 4 is 21.4 Å². The molecule has 1 aromatic rings. The Morgan fingerprint density at radius 1 is 1.29 bits per heavy atom. The predicted octanol–water partition coefficient (Wildman–Crippen LogP) is 1.79. The maximum Gasteiger partial charge on any atom is 0.242 e. The lowest BCUT2D eigenvalue weighted by atomic mass is 10.2. The normalized spacial score (nSPS) is 11.8. The number of benzene rings is 1. The van der Waals surface area contributed by atoms with Crippen LogP contribution >= 0.6 is 0 Å². The summed E-state index contributed by atoms with van der Waals surface area (Å²) >= 11 is 0. The molecule has 0 bridgehead atoms. The summed E-state index contributed by atoms with van der Waals surface area (Å²) in [5.41, 5.74) is 6.84. The SMILES string of the molecule is CNS(=O)(=O)c1ccc(NCCCCOC(C)C)cc1N. The highest BCUT2D eigenvalue weighted by Crippen LogP contribution is 2.22. The van der Waals surface area contributed by atoms with Gasteiger partial charge in [0.25, 0.3) is 0 Å². The van der Waals surface area contributed by atoms with E-state index in [0.717, 1.165) is 31.7 Å². The summed E-state index contributed by atoms with van der Waals surface area (Å²) in [6.07, 6.45) is 2.22. The minimum Gasteiger partial charge on any atom is -0.398 e. The number of rotatable bonds is 9. The van der Waals surface area contributed by atoms with E-state index in [0.29, 0.717) is 0 Å². The first-order chi connectivity index (χ1) is 9.86. The molecule has 0 unspecified atom stereocenters. The number of sulfonamides is 1. The molecular formula is C14H25N3O3S. The first kappa shape index (κ1) is 17.7. The Bertz CT molecular complexity index is 544. The average molecular weight is 315 g/mol. The number of nitrogens with two attached hydrogens (primary N) is 1. The second-order valence-electron chi connectivity index (χ2n) is 5.01. The summed E-state index contributed by atoms with van der Waals surface area (Å²) in [6.45, 7) is 5.57. The zero-order valence-corrected chi connectivity index (χ0v) is 13.7. The molecule has 0 aromatic heterocycles. The minimum atomic E-state index is -3.51. The van der Waals surface area contributed by atoms with Crippen LogP contribution < -0.4 is 15.8 Å². The van der Waals surface area contributed by atoms with Gasteiger partial charge in [0.05, 0.1) is 11.8 Å². The zero-order chi connectivity index (χ0) is 15.9. The van der Waals surface area contributed by atoms with Crippen LogP contribution in [0.2, 0.25) is 0 Å². The minimum absolute atomic E-state index is 0.0980. The first-order valence-electron chi connectivity index (χ1n) is 7.05. The van der Waals surface area contributed by atoms with Crippen molar-refractivity contribution in [3.63, 3.8) is 0 Å². The van der Waals surface area contributed by atoms with Crippen molar-refractivity contribution in [1.82, 2.24) is 4.72 Å². The Kier molecular flexibility index (Phi) is 6.94. The summed E-state index contributed by atoms with van der Waals surface area (Å²) in [5.74, 6) is 0. The van der Waals surface area contributed by atoms with Crippen molar-refractivity contribution in [3.8, 4) is 0 Å². The Morgan fingerprint density at radius 2 is 2.00 bits per heavy atom. The van der Waals surface area contributed by atoms with Crippen LogP contribution in [0.25, 0.3) is 0 Å². The summed E-state index contributed by atoms with van der Waals surface area (Å²) in [6, 6.07) is 4.85. The molecule has 0 fully saturated rings. The Balaban J connectivity index is 2.46. The zero-order valence-electron chi connectivity index (χ0n) is 12.8. The molecule has 0 saturated heterocycles. The fourth-order valence-corrected chi connectivity index (χ4v) is 2.63. The van der Waals surface area contributed by atoms with Gasteiger partial charge in [0.2, 0.25) is 10.0 Å². The van der Waals surface area contributed by atoms with Gasteiger partial charge in [0.15, 0.2) is 0 Å². The molecular weight excluding hydrogens is 290 g/mol. The van der Waals surface area contributed by atoms with E-state index in [2.05, 4.69) is 10.0 Å². The molecule has 0 aliphatic carbocycles. The van der Waals surface area contributed by atoms with E-state index < -0.39 is 10.0 Å². The quantitative estimate of drug-likeness (QED) is 0.477. The molecule has 0 radical (unpaired) electrons. The van der Waals surface area contributed by atoms with Gasteiger partial charge >= 0.3 is 0 Å². The van der Waals surface area contributed by atoms with Crippen LogP contribution in [-0.2, 0) is 14.8 Å². The van der Waals surface area contributed by atoms with Gasteiger partial charge in [-0.3, -0.25) is 0 Å². The van der Waals surface area contributed by atoms with Crippen molar-refractivity contribution in [2.75, 3.05) is 31.2 Å². The Labute approximate surface area is 127 Å². The van der Waals surface area contributed by atoms with E-state index in [9.17, 15) is 8.42 Å². The Hall–Kier alpha value is -1.31. The van der Waals surface area contributed by atoms with Gasteiger partial charge in [0.1, 0.15) is 4.90 Å². The highest BCUT2D eigenvalue weighted by Gasteiger charge is 2.14. The van der Waals surface area contributed by atoms with Crippen LogP contribution in [0.3, 0.4) is 0 Å². The standard InChI is InChI=1S/C14H25N3O3S/c1-11(2)20-9-5-4-8-17-12-6-7-14(13(15)10-12)21(18,19)16-3/h6-7,10-11,16-17H,4-5,8-9,15H2,1-3H3. The molecule has 0 atom stereocenters. The fourth-order valence-electron chi connectivity index (χ4n) is 1.79. The van der Waals surface area contributed by atoms with E-state index >= 15 is 0 Å². The maximum absolute atomic E-state index is 11.7. The molecule has 0 aliphatic heterocycles. The summed E-state index contributed by atoms with van der Waals surface area (Å²) < 4.78 is 31.1. The molecule has 0 aliphatic rings. The van der Waals surface area contributed by atoms with Gasteiger partial charge < -0.3 is 15.8 Å². The van der Waals surface area contributed by atoms with E-state index in [-0.39, 0.29) is 16.7 Å². The van der Waals surface area contributed by atoms with E-state index in [4.69, 9.17) is 10.5 Å². The number of hydrogen-bond acceptors (Lipinski definition) is 5. The topological polar surface area (TPSA) is 93.5 Å². The summed E-state index contributed by atoms with van der Waals surface area (Å²) in [4.78, 5) is 0.0980. The molecule has 0 spiro atoms. The fraction of sp³-hybridized carbons (Fsp3) is 0.571. The molecule has 120 valence electrons. The van der Waals surface area contributed by atoms with Crippen LogP contribution in [-0.4, -0.2) is 34.7 Å². The summed E-state index contributed by atoms with van der Waals surface area (Å²) in [5, 5.41) is 3.22. The number of ether oxygens (including phenoxy) is 1. The average Bonchev–Trinajstić information content (AvgIpc) is 2.42. The number of hydrogen-bond donors (Lipinski definition) is 3. The van der Waals surface area contributed by atoms with Gasteiger partial charge in [-0.15, -0.1) is 0 Å². The van der Waals surface area contributed by atoms with Gasteiger partial charge in [-0.2, -0.15) is 0 Å². The summed E-state index contributed by atoms with van der Waals surface area (Å²) in [7, 11) is -2.14. The lowest BCUT2D eigenvalue weighted by Crippen LogP contribution is -2.20. The highest BCUT2D eigenvalue weighted by molar-refractivity contribution is 7.89. The predicted molar refractivity (Wildman–Crippen MR) is 85.9 cm³/mol. The van der Waals surface area contributed by atoms with Crippen molar-refractivity contribution < 1.29 is 13.2 Å². The Morgan fingerprint density at radius 3 is 2.57 bits per heavy atom. The van der Waals surface area contributed by atoms with Crippen molar-refractivity contribution in [2.24, 2.45) is 0 Å². The van der Waals surface area contributed by atoms with Crippen LogP contribution in [0.1, 0.15) is 26.7 Å². The van der Waals surface area contributed by atoms with Gasteiger partial charge in [0, 0.05) is 18.8 Å². The third-order valence-corrected chi connectivity index (χ3v) is 4.41. The second kappa shape index (κ2) is 8.21. The molecule has 7 heteroatoms. The first-order valence-corrected chi connectivity index (χ1v) is 8.53. The number of anilines is 2. The number of unbranched alkanes of at least 4 members (excludes halogenated alkanes) is 1. The van der Waals surface area contributed by atoms with E-state index in [1.807, 2.05) is 13.8 Å². The molecule has 6 nitrogen and oxygen atoms in total. The van der Waals surface area contributed by atoms with Gasteiger partial charge in [-0.05, 0) is 51.9 Å². The van der Waals surface area contributed by atoms with Crippen LogP contribution in [0.15, 0.2) is 23.1 Å². The van der Waals surface area contributed by atoms with Crippen LogP contribution in [0.4, 0.5) is 11.4 Å². The lowest BCUT2D eigenvalue weighted by molar-refractivity contribution is 0.0765. The molecule has 1 rings (SSSR count). The van der Waals surface area contributed by atoms with E-state index in [1.54, 1.807) is 12.1 Å². The van der Waals surface area contributed by atoms with Crippen molar-refractivity contribution in [3.05, 3.63) is 18.2 Å². The van der Waals surface area contributed by atoms with Crippen LogP contribution in [0.5, 0.6) is 0 Å². The molecule has 0 heterocycles. The maximum atomic E-state index is 11.7. The van der Waals surface area contributed by atoms with Crippen molar-refractivity contribution in [2.45, 2.75) is 37.7 Å². The third-order valence-electron chi connectivity index (χ3n) is 2.92. The molecule has 21 heavy (non-hydrogen) atoms. The van der Waals surface area contributed by atoms with E-state index in [1.165, 1.54) is 13.1 Å². The molecule has 1 aromatic carbocycles. The number of nitrogens with one attached hydrogen (secondary N) is 2. The second-order valence-corrected chi connectivity index (χ2v) is 6.87. The van der Waals surface area contributed by atoms with Gasteiger partial charge in [-0.1, -0.05) is 0 Å². The largest absolute Gasteiger partial charge is 0.398 e. The molecule has 0 saturated carbocycles.